The Labute approximate surface area is 165 Å². The van der Waals surface area contributed by atoms with Crippen molar-refractivity contribution in [1.29, 1.82) is 0 Å². The minimum Gasteiger partial charge on any atom is -0.398 e. The lowest BCUT2D eigenvalue weighted by Crippen LogP contribution is -2.19. The van der Waals surface area contributed by atoms with E-state index in [1.807, 2.05) is 0 Å². The van der Waals surface area contributed by atoms with Crippen LogP contribution in [0.25, 0.3) is 5.69 Å². The van der Waals surface area contributed by atoms with Crippen molar-refractivity contribution in [3.63, 3.8) is 0 Å². The second kappa shape index (κ2) is 7.83. The van der Waals surface area contributed by atoms with Crippen LogP contribution in [0.5, 0.6) is 0 Å². The number of benzene rings is 2. The van der Waals surface area contributed by atoms with Gasteiger partial charge in [-0.15, -0.1) is 0 Å². The zero-order valence-corrected chi connectivity index (χ0v) is 15.8. The summed E-state index contributed by atoms with van der Waals surface area (Å²) in [6.45, 7) is 3.56. The first-order valence-corrected chi connectivity index (χ1v) is 8.73. The summed E-state index contributed by atoms with van der Waals surface area (Å²) >= 11 is 0. The van der Waals surface area contributed by atoms with E-state index in [1.165, 1.54) is 12.3 Å². The van der Waals surface area contributed by atoms with E-state index in [-0.39, 0.29) is 0 Å². The van der Waals surface area contributed by atoms with Gasteiger partial charge in [0, 0.05) is 28.3 Å². The summed E-state index contributed by atoms with van der Waals surface area (Å²) in [6.07, 6.45) is -2.97. The Bertz CT molecular complexity index is 1080. The van der Waals surface area contributed by atoms with Gasteiger partial charge in [-0.1, -0.05) is 18.2 Å². The summed E-state index contributed by atoms with van der Waals surface area (Å²) in [5.74, 6) is -0.453. The number of nitrogen functional groups attached to an aromatic ring is 1. The van der Waals surface area contributed by atoms with Crippen molar-refractivity contribution >= 4 is 17.8 Å². The fourth-order valence-electron chi connectivity index (χ4n) is 3.06. The van der Waals surface area contributed by atoms with Gasteiger partial charge < -0.3 is 10.3 Å². The van der Waals surface area contributed by atoms with Gasteiger partial charge in [0.2, 0.25) is 0 Å². The molecule has 0 aliphatic carbocycles. The van der Waals surface area contributed by atoms with E-state index in [0.29, 0.717) is 28.2 Å². The van der Waals surface area contributed by atoms with Gasteiger partial charge in [0.25, 0.3) is 5.91 Å². The maximum absolute atomic E-state index is 13.0. The Morgan fingerprint density at radius 1 is 1.10 bits per heavy atom. The first-order valence-electron chi connectivity index (χ1n) is 8.73. The summed E-state index contributed by atoms with van der Waals surface area (Å²) < 4.78 is 40.8. The molecule has 150 valence electrons. The smallest absolute Gasteiger partial charge is 0.398 e. The van der Waals surface area contributed by atoms with Gasteiger partial charge in [-0.2, -0.15) is 18.3 Å². The van der Waals surface area contributed by atoms with Crippen LogP contribution in [0.1, 0.15) is 32.9 Å². The molecule has 3 N–H and O–H groups in total. The van der Waals surface area contributed by atoms with Crippen LogP contribution in [0.4, 0.5) is 18.9 Å². The Morgan fingerprint density at radius 2 is 1.83 bits per heavy atom. The maximum Gasteiger partial charge on any atom is 0.416 e. The Hall–Kier alpha value is -3.55. The molecule has 2 aromatic carbocycles. The molecule has 0 atom stereocenters. The lowest BCUT2D eigenvalue weighted by atomic mass is 10.2. The standard InChI is InChI=1S/C21H19F3N4O/c1-13-10-15(12-26-27-20(29)18-8-3-4-9-19(18)25)14(2)28(13)17-7-5-6-16(11-17)21(22,23)24/h3-12H,25H2,1-2H3,(H,27,29). The molecule has 0 bridgehead atoms. The van der Waals surface area contributed by atoms with E-state index in [0.717, 1.165) is 17.8 Å². The van der Waals surface area contributed by atoms with E-state index in [1.54, 1.807) is 54.8 Å². The minimum absolute atomic E-state index is 0.305. The molecule has 3 rings (SSSR count). The Kier molecular flexibility index (Phi) is 5.45. The zero-order chi connectivity index (χ0) is 21.2. The zero-order valence-electron chi connectivity index (χ0n) is 15.8. The highest BCUT2D eigenvalue weighted by Crippen LogP contribution is 2.31. The number of nitrogens with one attached hydrogen (secondary N) is 1. The fourth-order valence-corrected chi connectivity index (χ4v) is 3.06. The third-order valence-corrected chi connectivity index (χ3v) is 4.48. The molecule has 3 aromatic rings. The van der Waals surface area contributed by atoms with Crippen molar-refractivity contribution in [2.45, 2.75) is 20.0 Å². The molecule has 0 spiro atoms. The summed E-state index contributed by atoms with van der Waals surface area (Å²) in [5.41, 5.74) is 10.6. The number of nitrogens with zero attached hydrogens (tertiary/aromatic N) is 2. The number of hydrogen-bond donors (Lipinski definition) is 2. The molecule has 5 nitrogen and oxygen atoms in total. The molecule has 1 amide bonds. The summed E-state index contributed by atoms with van der Waals surface area (Å²) in [7, 11) is 0. The molecule has 1 aromatic heterocycles. The summed E-state index contributed by atoms with van der Waals surface area (Å²) in [4.78, 5) is 12.1. The third kappa shape index (κ3) is 4.31. The van der Waals surface area contributed by atoms with Gasteiger partial charge in [-0.25, -0.2) is 5.43 Å². The number of nitrogens with two attached hydrogens (primary N) is 1. The van der Waals surface area contributed by atoms with Gasteiger partial charge >= 0.3 is 6.18 Å². The number of amides is 1. The van der Waals surface area contributed by atoms with Crippen molar-refractivity contribution in [2.24, 2.45) is 5.10 Å². The van der Waals surface area contributed by atoms with E-state index >= 15 is 0 Å². The van der Waals surface area contributed by atoms with Crippen LogP contribution in [0.15, 0.2) is 59.7 Å². The largest absolute Gasteiger partial charge is 0.416 e. The number of alkyl halides is 3. The van der Waals surface area contributed by atoms with Crippen molar-refractivity contribution in [1.82, 2.24) is 9.99 Å². The lowest BCUT2D eigenvalue weighted by Gasteiger charge is -2.13. The number of aryl methyl sites for hydroxylation is 1. The highest BCUT2D eigenvalue weighted by molar-refractivity contribution is 5.99. The molecular formula is C21H19F3N4O. The van der Waals surface area contributed by atoms with E-state index in [4.69, 9.17) is 5.73 Å². The highest BCUT2D eigenvalue weighted by Gasteiger charge is 2.30. The number of hydrogen-bond acceptors (Lipinski definition) is 3. The molecule has 0 saturated heterocycles. The first kappa shape index (κ1) is 20.2. The number of hydrazone groups is 1. The van der Waals surface area contributed by atoms with Gasteiger partial charge in [0.15, 0.2) is 0 Å². The van der Waals surface area contributed by atoms with Crippen molar-refractivity contribution < 1.29 is 18.0 Å². The van der Waals surface area contributed by atoms with Crippen LogP contribution in [-0.2, 0) is 6.18 Å². The van der Waals surface area contributed by atoms with Crippen molar-refractivity contribution in [3.05, 3.63) is 82.7 Å². The van der Waals surface area contributed by atoms with E-state index in [2.05, 4.69) is 10.5 Å². The number of carbonyl (C=O) groups excluding carboxylic acids is 1. The fraction of sp³-hybridized carbons (Fsp3) is 0.143. The Morgan fingerprint density at radius 3 is 2.52 bits per heavy atom. The summed E-state index contributed by atoms with van der Waals surface area (Å²) in [6, 6.07) is 13.5. The minimum atomic E-state index is -4.42. The average Bonchev–Trinajstić information content (AvgIpc) is 2.95. The number of aromatic nitrogens is 1. The van der Waals surface area contributed by atoms with Gasteiger partial charge in [0.05, 0.1) is 17.3 Å². The van der Waals surface area contributed by atoms with Crippen molar-refractivity contribution in [2.75, 3.05) is 5.73 Å². The second-order valence-electron chi connectivity index (χ2n) is 6.50. The van der Waals surface area contributed by atoms with Crippen LogP contribution < -0.4 is 11.2 Å². The lowest BCUT2D eigenvalue weighted by molar-refractivity contribution is -0.137. The SMILES string of the molecule is Cc1cc(C=NNC(=O)c2ccccc2N)c(C)n1-c1cccc(C(F)(F)F)c1. The van der Waals surface area contributed by atoms with Gasteiger partial charge in [-0.05, 0) is 50.2 Å². The molecule has 0 aliphatic heterocycles. The molecule has 0 radical (unpaired) electrons. The topological polar surface area (TPSA) is 72.4 Å². The Balaban J connectivity index is 1.84. The van der Waals surface area contributed by atoms with E-state index < -0.39 is 17.6 Å². The van der Waals surface area contributed by atoms with Crippen LogP contribution in [0.2, 0.25) is 0 Å². The maximum atomic E-state index is 13.0. The quantitative estimate of drug-likeness (QED) is 0.386. The number of carbonyl (C=O) groups is 1. The highest BCUT2D eigenvalue weighted by atomic mass is 19.4. The number of rotatable bonds is 4. The third-order valence-electron chi connectivity index (χ3n) is 4.48. The number of anilines is 1. The molecule has 0 aliphatic rings. The van der Waals surface area contributed by atoms with Crippen LogP contribution in [0, 0.1) is 13.8 Å². The molecule has 0 saturated carbocycles. The second-order valence-corrected chi connectivity index (χ2v) is 6.50. The van der Waals surface area contributed by atoms with Gasteiger partial charge in [0.1, 0.15) is 0 Å². The van der Waals surface area contributed by atoms with Crippen LogP contribution >= 0.6 is 0 Å². The van der Waals surface area contributed by atoms with Crippen molar-refractivity contribution in [3.8, 4) is 5.69 Å². The number of para-hydroxylation sites is 1. The molecule has 0 fully saturated rings. The number of halogens is 3. The monoisotopic (exact) mass is 400 g/mol. The molecule has 8 heteroatoms. The van der Waals surface area contributed by atoms with Crippen LogP contribution in [0.3, 0.4) is 0 Å². The molecule has 0 unspecified atom stereocenters. The molecule has 29 heavy (non-hydrogen) atoms. The molecular weight excluding hydrogens is 381 g/mol. The summed E-state index contributed by atoms with van der Waals surface area (Å²) in [5, 5.41) is 3.95. The van der Waals surface area contributed by atoms with Crippen LogP contribution in [-0.4, -0.2) is 16.7 Å². The average molecular weight is 400 g/mol. The van der Waals surface area contributed by atoms with E-state index in [9.17, 15) is 18.0 Å². The predicted molar refractivity (Wildman–Crippen MR) is 106 cm³/mol. The van der Waals surface area contributed by atoms with Gasteiger partial charge in [-0.3, -0.25) is 4.79 Å². The molecule has 1 heterocycles. The predicted octanol–water partition coefficient (Wildman–Crippen LogP) is 4.46. The normalized spacial score (nSPS) is 11.8. The first-order chi connectivity index (χ1) is 13.7.